The number of benzene rings is 1. The standard InChI is InChI=1S/C19H19F3N4O2/c1-17(16-6-15(19(20,21)22)24-26(16)2)7-14(25-28-17)11-3-4-13-12(5-11)8-27-18(13)9-23-10-18/h3-6,23H,7-10H2,1-2H3. The van der Waals surface area contributed by atoms with Gasteiger partial charge in [-0.3, -0.25) is 4.68 Å². The number of aryl methyl sites for hydroxylation is 1. The molecule has 0 bridgehead atoms. The topological polar surface area (TPSA) is 60.7 Å². The molecule has 148 valence electrons. The van der Waals surface area contributed by atoms with E-state index in [1.165, 1.54) is 17.3 Å². The first-order valence-corrected chi connectivity index (χ1v) is 9.05. The third-order valence-electron chi connectivity index (χ3n) is 5.83. The molecule has 0 radical (unpaired) electrons. The third kappa shape index (κ3) is 2.49. The highest BCUT2D eigenvalue weighted by molar-refractivity contribution is 6.02. The van der Waals surface area contributed by atoms with Gasteiger partial charge >= 0.3 is 6.18 Å². The van der Waals surface area contributed by atoms with Gasteiger partial charge in [-0.2, -0.15) is 18.3 Å². The Labute approximate surface area is 159 Å². The summed E-state index contributed by atoms with van der Waals surface area (Å²) in [5, 5.41) is 11.0. The molecule has 9 heteroatoms. The van der Waals surface area contributed by atoms with E-state index in [4.69, 9.17) is 9.57 Å². The Hall–Kier alpha value is -2.39. The molecule has 3 aliphatic rings. The fourth-order valence-corrected chi connectivity index (χ4v) is 4.21. The molecule has 4 heterocycles. The lowest BCUT2D eigenvalue weighted by molar-refractivity contribution is -0.141. The molecule has 1 atom stereocenters. The Bertz CT molecular complexity index is 994. The second kappa shape index (κ2) is 5.57. The zero-order valence-corrected chi connectivity index (χ0v) is 15.4. The van der Waals surface area contributed by atoms with Crippen molar-refractivity contribution in [3.8, 4) is 0 Å². The fourth-order valence-electron chi connectivity index (χ4n) is 4.21. The van der Waals surface area contributed by atoms with E-state index in [1.807, 2.05) is 12.1 Å². The number of oxime groups is 1. The van der Waals surface area contributed by atoms with Crippen LogP contribution in [0.25, 0.3) is 0 Å². The predicted octanol–water partition coefficient (Wildman–Crippen LogP) is 2.81. The molecule has 2 aromatic rings. The van der Waals surface area contributed by atoms with Crippen LogP contribution in [0, 0.1) is 0 Å². The predicted molar refractivity (Wildman–Crippen MR) is 93.6 cm³/mol. The van der Waals surface area contributed by atoms with Gasteiger partial charge in [0.15, 0.2) is 11.3 Å². The molecule has 28 heavy (non-hydrogen) atoms. The van der Waals surface area contributed by atoms with Crippen molar-refractivity contribution in [3.63, 3.8) is 0 Å². The van der Waals surface area contributed by atoms with Gasteiger partial charge in [0.1, 0.15) is 5.60 Å². The first-order chi connectivity index (χ1) is 13.2. The van der Waals surface area contributed by atoms with Crippen LogP contribution < -0.4 is 5.32 Å². The Kier molecular flexibility index (Phi) is 3.52. The van der Waals surface area contributed by atoms with E-state index >= 15 is 0 Å². The number of rotatable bonds is 2. The minimum atomic E-state index is -4.50. The Morgan fingerprint density at radius 1 is 1.21 bits per heavy atom. The molecule has 1 spiro atoms. The van der Waals surface area contributed by atoms with Crippen LogP contribution >= 0.6 is 0 Å². The number of aromatic nitrogens is 2. The first kappa shape index (κ1) is 17.7. The van der Waals surface area contributed by atoms with Crippen LogP contribution in [-0.2, 0) is 40.6 Å². The van der Waals surface area contributed by atoms with E-state index in [0.29, 0.717) is 24.4 Å². The van der Waals surface area contributed by atoms with E-state index in [-0.39, 0.29) is 5.60 Å². The molecule has 0 amide bonds. The number of alkyl halides is 3. The summed E-state index contributed by atoms with van der Waals surface area (Å²) >= 11 is 0. The van der Waals surface area contributed by atoms with Gasteiger partial charge in [-0.05, 0) is 35.7 Å². The highest BCUT2D eigenvalue weighted by atomic mass is 19.4. The largest absolute Gasteiger partial charge is 0.435 e. The van der Waals surface area contributed by atoms with Crippen molar-refractivity contribution in [1.82, 2.24) is 15.1 Å². The first-order valence-electron chi connectivity index (χ1n) is 9.05. The smallest absolute Gasteiger partial charge is 0.382 e. The molecule has 0 saturated carbocycles. The van der Waals surface area contributed by atoms with Crippen molar-refractivity contribution in [1.29, 1.82) is 0 Å². The summed E-state index contributed by atoms with van der Waals surface area (Å²) in [6, 6.07) is 7.11. The summed E-state index contributed by atoms with van der Waals surface area (Å²) in [6.07, 6.45) is -4.14. The lowest BCUT2D eigenvalue weighted by Gasteiger charge is -2.39. The van der Waals surface area contributed by atoms with Crippen molar-refractivity contribution >= 4 is 5.71 Å². The van der Waals surface area contributed by atoms with Crippen LogP contribution in [0.3, 0.4) is 0 Å². The van der Waals surface area contributed by atoms with Crippen LogP contribution in [0.1, 0.15) is 41.4 Å². The van der Waals surface area contributed by atoms with Crippen molar-refractivity contribution in [2.75, 3.05) is 13.1 Å². The average Bonchev–Trinajstić information content (AvgIpc) is 3.28. The van der Waals surface area contributed by atoms with Crippen LogP contribution in [0.4, 0.5) is 13.2 Å². The summed E-state index contributed by atoms with van der Waals surface area (Å²) in [7, 11) is 1.48. The van der Waals surface area contributed by atoms with Gasteiger partial charge in [0.05, 0.1) is 18.0 Å². The SMILES string of the molecule is Cn1nc(C(F)(F)F)cc1C1(C)CC(c2ccc3c(c2)COC32CNC2)=NO1. The van der Waals surface area contributed by atoms with Crippen LogP contribution in [0.15, 0.2) is 29.4 Å². The summed E-state index contributed by atoms with van der Waals surface area (Å²) in [4.78, 5) is 5.61. The molecule has 1 unspecified atom stereocenters. The zero-order chi connectivity index (χ0) is 19.7. The third-order valence-corrected chi connectivity index (χ3v) is 5.83. The number of hydrogen-bond acceptors (Lipinski definition) is 5. The lowest BCUT2D eigenvalue weighted by Crippen LogP contribution is -2.56. The minimum Gasteiger partial charge on any atom is -0.382 e. The lowest BCUT2D eigenvalue weighted by atomic mass is 9.85. The van der Waals surface area contributed by atoms with E-state index in [2.05, 4.69) is 21.6 Å². The number of halogens is 3. The van der Waals surface area contributed by atoms with E-state index in [1.54, 1.807) is 6.92 Å². The molecule has 0 aliphatic carbocycles. The highest BCUT2D eigenvalue weighted by Crippen LogP contribution is 2.42. The number of fused-ring (bicyclic) bond motifs is 2. The summed E-state index contributed by atoms with van der Waals surface area (Å²) < 4.78 is 46.2. The number of hydrogen-bond donors (Lipinski definition) is 1. The molecular weight excluding hydrogens is 373 g/mol. The van der Waals surface area contributed by atoms with Crippen LogP contribution in [0.2, 0.25) is 0 Å². The molecule has 1 saturated heterocycles. The molecule has 1 aromatic carbocycles. The second-order valence-electron chi connectivity index (χ2n) is 7.83. The summed E-state index contributed by atoms with van der Waals surface area (Å²) in [5.74, 6) is 0. The molecule has 6 nitrogen and oxygen atoms in total. The van der Waals surface area contributed by atoms with Crippen molar-refractivity contribution in [2.45, 2.75) is 37.3 Å². The van der Waals surface area contributed by atoms with Crippen molar-refractivity contribution < 1.29 is 22.7 Å². The quantitative estimate of drug-likeness (QED) is 0.854. The van der Waals surface area contributed by atoms with Crippen LogP contribution in [0.5, 0.6) is 0 Å². The fraction of sp³-hybridized carbons (Fsp3) is 0.474. The van der Waals surface area contributed by atoms with Gasteiger partial charge in [-0.25, -0.2) is 0 Å². The molecule has 3 aliphatic heterocycles. The molecule has 1 fully saturated rings. The van der Waals surface area contributed by atoms with Crippen molar-refractivity contribution in [3.05, 3.63) is 52.3 Å². The van der Waals surface area contributed by atoms with Gasteiger partial charge in [-0.15, -0.1) is 0 Å². The minimum absolute atomic E-state index is 0.209. The van der Waals surface area contributed by atoms with Gasteiger partial charge < -0.3 is 14.9 Å². The normalized spacial score (nSPS) is 25.4. The maximum Gasteiger partial charge on any atom is 0.435 e. The van der Waals surface area contributed by atoms with E-state index in [0.717, 1.165) is 30.3 Å². The molecule has 1 aromatic heterocycles. The van der Waals surface area contributed by atoms with Gasteiger partial charge in [-0.1, -0.05) is 17.3 Å². The van der Waals surface area contributed by atoms with Gasteiger partial charge in [0, 0.05) is 26.6 Å². The number of nitrogens with zero attached hydrogens (tertiary/aromatic N) is 3. The van der Waals surface area contributed by atoms with Gasteiger partial charge in [0.25, 0.3) is 0 Å². The van der Waals surface area contributed by atoms with Crippen LogP contribution in [-0.4, -0.2) is 28.6 Å². The molecule has 1 N–H and O–H groups in total. The van der Waals surface area contributed by atoms with E-state index < -0.39 is 17.5 Å². The Balaban J connectivity index is 1.41. The highest BCUT2D eigenvalue weighted by Gasteiger charge is 2.46. The maximum absolute atomic E-state index is 13.0. The van der Waals surface area contributed by atoms with E-state index in [9.17, 15) is 13.2 Å². The second-order valence-corrected chi connectivity index (χ2v) is 7.83. The Morgan fingerprint density at radius 3 is 2.64 bits per heavy atom. The summed E-state index contributed by atoms with van der Waals surface area (Å²) in [6.45, 7) is 3.89. The number of ether oxygens (including phenoxy) is 1. The van der Waals surface area contributed by atoms with Crippen molar-refractivity contribution in [2.24, 2.45) is 12.2 Å². The Morgan fingerprint density at radius 2 is 2.00 bits per heavy atom. The molecular formula is C19H19F3N4O2. The monoisotopic (exact) mass is 392 g/mol. The average molecular weight is 392 g/mol. The maximum atomic E-state index is 13.0. The number of nitrogens with one attached hydrogen (secondary N) is 1. The summed E-state index contributed by atoms with van der Waals surface area (Å²) in [5.41, 5.74) is 2.10. The molecule has 5 rings (SSSR count). The van der Waals surface area contributed by atoms with Gasteiger partial charge in [0.2, 0.25) is 0 Å². The zero-order valence-electron chi connectivity index (χ0n) is 15.4.